The molecule has 2 atom stereocenters. The molecule has 104 valence electrons. The number of rotatable bonds is 2. The van der Waals surface area contributed by atoms with Gasteiger partial charge in [-0.25, -0.2) is 9.07 Å². The van der Waals surface area contributed by atoms with Crippen molar-refractivity contribution in [2.24, 2.45) is 0 Å². The predicted molar refractivity (Wildman–Crippen MR) is 73.2 cm³/mol. The number of hydrogen-bond donors (Lipinski definition) is 1. The normalized spacial score (nSPS) is 28.8. The Morgan fingerprint density at radius 1 is 1.10 bits per heavy atom. The molecule has 0 radical (unpaired) electrons. The molecular formula is C15H17FN4. The lowest BCUT2D eigenvalue weighted by atomic mass is 9.90. The first-order valence-corrected chi connectivity index (χ1v) is 7.22. The quantitative estimate of drug-likeness (QED) is 0.913. The fourth-order valence-corrected chi connectivity index (χ4v) is 3.48. The first-order chi connectivity index (χ1) is 9.78. The number of nitrogens with one attached hydrogen (secondary N) is 1. The molecule has 4 nitrogen and oxygen atoms in total. The van der Waals surface area contributed by atoms with Crippen LogP contribution in [0.1, 0.15) is 37.3 Å². The van der Waals surface area contributed by atoms with Gasteiger partial charge in [-0.2, -0.15) is 0 Å². The number of piperidine rings is 1. The zero-order valence-corrected chi connectivity index (χ0v) is 11.2. The van der Waals surface area contributed by atoms with E-state index in [4.69, 9.17) is 0 Å². The van der Waals surface area contributed by atoms with Crippen LogP contribution in [0.4, 0.5) is 4.39 Å². The number of benzene rings is 1. The van der Waals surface area contributed by atoms with Gasteiger partial charge in [-0.1, -0.05) is 5.21 Å². The second-order valence-corrected chi connectivity index (χ2v) is 5.87. The Kier molecular flexibility index (Phi) is 2.80. The van der Waals surface area contributed by atoms with Crippen molar-refractivity contribution in [2.75, 3.05) is 0 Å². The Morgan fingerprint density at radius 3 is 2.50 bits per heavy atom. The average molecular weight is 272 g/mol. The summed E-state index contributed by atoms with van der Waals surface area (Å²) in [5, 5.41) is 12.2. The van der Waals surface area contributed by atoms with Gasteiger partial charge >= 0.3 is 0 Å². The Hall–Kier alpha value is -1.75. The van der Waals surface area contributed by atoms with Gasteiger partial charge in [-0.15, -0.1) is 5.10 Å². The van der Waals surface area contributed by atoms with Crippen molar-refractivity contribution in [3.8, 4) is 5.69 Å². The third-order valence-electron chi connectivity index (χ3n) is 4.49. The van der Waals surface area contributed by atoms with Crippen molar-refractivity contribution in [2.45, 2.75) is 43.7 Å². The largest absolute Gasteiger partial charge is 0.311 e. The predicted octanol–water partition coefficient (Wildman–Crippen LogP) is 2.40. The smallest absolute Gasteiger partial charge is 0.123 e. The molecule has 4 rings (SSSR count). The molecule has 3 heterocycles. The molecule has 1 aromatic carbocycles. The summed E-state index contributed by atoms with van der Waals surface area (Å²) in [6.07, 6.45) is 6.86. The van der Waals surface area contributed by atoms with Gasteiger partial charge < -0.3 is 5.32 Å². The summed E-state index contributed by atoms with van der Waals surface area (Å²) in [6, 6.07) is 7.63. The summed E-state index contributed by atoms with van der Waals surface area (Å²) in [5.41, 5.74) is 1.91. The molecule has 0 amide bonds. The van der Waals surface area contributed by atoms with E-state index in [0.29, 0.717) is 18.0 Å². The second kappa shape index (κ2) is 4.66. The van der Waals surface area contributed by atoms with Crippen LogP contribution in [0, 0.1) is 5.82 Å². The van der Waals surface area contributed by atoms with Gasteiger partial charge in [0.15, 0.2) is 0 Å². The van der Waals surface area contributed by atoms with Gasteiger partial charge in [-0.3, -0.25) is 0 Å². The zero-order valence-electron chi connectivity index (χ0n) is 11.2. The van der Waals surface area contributed by atoms with Crippen LogP contribution in [-0.2, 0) is 0 Å². The van der Waals surface area contributed by atoms with Crippen LogP contribution in [-0.4, -0.2) is 27.1 Å². The molecule has 2 aromatic rings. The summed E-state index contributed by atoms with van der Waals surface area (Å²) >= 11 is 0. The summed E-state index contributed by atoms with van der Waals surface area (Å²) in [7, 11) is 0. The van der Waals surface area contributed by atoms with Gasteiger partial charge in [0, 0.05) is 18.0 Å². The van der Waals surface area contributed by atoms with E-state index < -0.39 is 0 Å². The van der Waals surface area contributed by atoms with E-state index >= 15 is 0 Å². The molecular weight excluding hydrogens is 255 g/mol. The van der Waals surface area contributed by atoms with E-state index in [1.165, 1.54) is 25.0 Å². The van der Waals surface area contributed by atoms with Crippen LogP contribution in [0.15, 0.2) is 30.5 Å². The van der Waals surface area contributed by atoms with E-state index in [9.17, 15) is 4.39 Å². The van der Waals surface area contributed by atoms with Gasteiger partial charge in [0.1, 0.15) is 5.82 Å². The van der Waals surface area contributed by atoms with Crippen molar-refractivity contribution < 1.29 is 4.39 Å². The summed E-state index contributed by atoms with van der Waals surface area (Å²) < 4.78 is 14.7. The Balaban J connectivity index is 1.57. The molecule has 0 spiro atoms. The summed E-state index contributed by atoms with van der Waals surface area (Å²) in [5.74, 6) is 0.270. The van der Waals surface area contributed by atoms with Crippen LogP contribution in [0.25, 0.3) is 5.69 Å². The molecule has 0 saturated carbocycles. The minimum atomic E-state index is -0.232. The second-order valence-electron chi connectivity index (χ2n) is 5.87. The third kappa shape index (κ3) is 2.12. The minimum Gasteiger partial charge on any atom is -0.311 e. The highest BCUT2D eigenvalue weighted by atomic mass is 19.1. The van der Waals surface area contributed by atoms with Crippen LogP contribution in [0.5, 0.6) is 0 Å². The summed E-state index contributed by atoms with van der Waals surface area (Å²) in [4.78, 5) is 0. The molecule has 2 saturated heterocycles. The van der Waals surface area contributed by atoms with Gasteiger partial charge in [0.2, 0.25) is 0 Å². The van der Waals surface area contributed by atoms with Crippen molar-refractivity contribution in [1.82, 2.24) is 20.3 Å². The van der Waals surface area contributed by atoms with E-state index in [1.54, 1.807) is 16.8 Å². The fourth-order valence-electron chi connectivity index (χ4n) is 3.48. The zero-order chi connectivity index (χ0) is 13.5. The van der Waals surface area contributed by atoms with E-state index in [1.807, 2.05) is 6.20 Å². The Bertz CT molecular complexity index is 595. The highest BCUT2D eigenvalue weighted by molar-refractivity contribution is 5.31. The molecule has 0 aliphatic carbocycles. The standard InChI is InChI=1S/C15H17FN4/c16-11-1-5-14(6-2-11)20-9-15(18-19-20)10-7-12-3-4-13(8-10)17-12/h1-2,5-6,9-10,12-13,17H,3-4,7-8H2. The maximum atomic E-state index is 12.9. The lowest BCUT2D eigenvalue weighted by molar-refractivity contribution is 0.359. The van der Waals surface area contributed by atoms with E-state index in [-0.39, 0.29) is 5.82 Å². The van der Waals surface area contributed by atoms with Crippen molar-refractivity contribution in [3.05, 3.63) is 42.0 Å². The average Bonchev–Trinajstić information content (AvgIpc) is 3.07. The molecule has 20 heavy (non-hydrogen) atoms. The monoisotopic (exact) mass is 272 g/mol. The van der Waals surface area contributed by atoms with E-state index in [2.05, 4.69) is 15.6 Å². The maximum absolute atomic E-state index is 12.9. The number of aromatic nitrogens is 3. The van der Waals surface area contributed by atoms with Crippen LogP contribution in [0.3, 0.4) is 0 Å². The third-order valence-corrected chi connectivity index (χ3v) is 4.49. The molecule has 2 fully saturated rings. The van der Waals surface area contributed by atoms with Gasteiger partial charge in [-0.05, 0) is 49.9 Å². The number of fused-ring (bicyclic) bond motifs is 2. The Labute approximate surface area is 117 Å². The molecule has 2 aliphatic rings. The first kappa shape index (κ1) is 12.0. The maximum Gasteiger partial charge on any atom is 0.123 e. The minimum absolute atomic E-state index is 0.232. The summed E-state index contributed by atoms with van der Waals surface area (Å²) in [6.45, 7) is 0. The SMILES string of the molecule is Fc1ccc(-n2cc(C3CC4CCC(C3)N4)nn2)cc1. The van der Waals surface area contributed by atoms with Gasteiger partial charge in [0.25, 0.3) is 0 Å². The first-order valence-electron chi connectivity index (χ1n) is 7.22. The highest BCUT2D eigenvalue weighted by Gasteiger charge is 2.35. The van der Waals surface area contributed by atoms with Crippen molar-refractivity contribution in [1.29, 1.82) is 0 Å². The highest BCUT2D eigenvalue weighted by Crippen LogP contribution is 2.36. The molecule has 1 aromatic heterocycles. The lowest BCUT2D eigenvalue weighted by Gasteiger charge is -2.27. The molecule has 2 unspecified atom stereocenters. The van der Waals surface area contributed by atoms with Crippen molar-refractivity contribution in [3.63, 3.8) is 0 Å². The molecule has 5 heteroatoms. The van der Waals surface area contributed by atoms with Crippen LogP contribution in [0.2, 0.25) is 0 Å². The van der Waals surface area contributed by atoms with E-state index in [0.717, 1.165) is 24.2 Å². The van der Waals surface area contributed by atoms with Crippen molar-refractivity contribution >= 4 is 0 Å². The number of halogens is 1. The lowest BCUT2D eigenvalue weighted by Crippen LogP contribution is -2.37. The Morgan fingerprint density at radius 2 is 1.80 bits per heavy atom. The molecule has 2 aliphatic heterocycles. The molecule has 1 N–H and O–H groups in total. The van der Waals surface area contributed by atoms with Crippen LogP contribution >= 0.6 is 0 Å². The van der Waals surface area contributed by atoms with Gasteiger partial charge in [0.05, 0.1) is 17.6 Å². The topological polar surface area (TPSA) is 42.7 Å². The van der Waals surface area contributed by atoms with Crippen LogP contribution < -0.4 is 5.32 Å². The molecule has 2 bridgehead atoms. The number of hydrogen-bond acceptors (Lipinski definition) is 3. The fraction of sp³-hybridized carbons (Fsp3) is 0.467. The number of nitrogens with zero attached hydrogens (tertiary/aromatic N) is 3.